The Morgan fingerprint density at radius 3 is 2.78 bits per heavy atom. The largest absolute Gasteiger partial charge is 0.483 e. The number of hydrogen-bond acceptors (Lipinski definition) is 5. The summed E-state index contributed by atoms with van der Waals surface area (Å²) in [5.74, 6) is -1.51. The van der Waals surface area contributed by atoms with Crippen LogP contribution in [0.15, 0.2) is 48.7 Å². The van der Waals surface area contributed by atoms with Crippen LogP contribution in [0.4, 0.5) is 14.5 Å². The lowest BCUT2D eigenvalue weighted by atomic mass is 10.1. The average Bonchev–Trinajstić information content (AvgIpc) is 2.64. The fraction of sp³-hybridized carbons (Fsp3) is 0.211. The molecule has 1 N–H and O–H groups in total. The van der Waals surface area contributed by atoms with Crippen LogP contribution in [-0.2, 0) is 11.3 Å². The van der Waals surface area contributed by atoms with Gasteiger partial charge in [0.2, 0.25) is 0 Å². The van der Waals surface area contributed by atoms with Gasteiger partial charge in [-0.25, -0.2) is 9.97 Å². The molecule has 0 bridgehead atoms. The topological polar surface area (TPSA) is 75.6 Å². The minimum atomic E-state index is -4.05. The average molecular weight is 371 g/mol. The van der Waals surface area contributed by atoms with Gasteiger partial charge in [0, 0.05) is 17.1 Å². The molecule has 4 rings (SSSR count). The number of aromatic nitrogens is 2. The number of nitrogens with zero attached hydrogens (tertiary/aromatic N) is 3. The third-order valence-electron chi connectivity index (χ3n) is 4.33. The van der Waals surface area contributed by atoms with E-state index < -0.39 is 18.1 Å². The van der Waals surface area contributed by atoms with E-state index in [4.69, 9.17) is 0 Å². The third-order valence-corrected chi connectivity index (χ3v) is 4.33. The number of anilines is 1. The first-order valence-electron chi connectivity index (χ1n) is 8.27. The zero-order valence-electron chi connectivity index (χ0n) is 14.3. The molecule has 138 valence electrons. The maximum absolute atomic E-state index is 14.2. The van der Waals surface area contributed by atoms with Crippen molar-refractivity contribution in [3.63, 3.8) is 0 Å². The van der Waals surface area contributed by atoms with Crippen LogP contribution in [0, 0.1) is 0 Å². The zero-order chi connectivity index (χ0) is 19.2. The highest BCUT2D eigenvalue weighted by Crippen LogP contribution is 2.43. The van der Waals surface area contributed by atoms with Crippen LogP contribution in [-0.4, -0.2) is 27.1 Å². The first-order chi connectivity index (χ1) is 12.9. The van der Waals surface area contributed by atoms with Gasteiger partial charge in [0.15, 0.2) is 5.75 Å². The van der Waals surface area contributed by atoms with Crippen LogP contribution in [0.2, 0.25) is 0 Å². The molecule has 2 heterocycles. The van der Waals surface area contributed by atoms with Crippen LogP contribution in [0.5, 0.6) is 5.75 Å². The van der Waals surface area contributed by atoms with Gasteiger partial charge in [-0.2, -0.15) is 8.78 Å². The molecule has 6 nitrogen and oxygen atoms in total. The SMILES string of the molecule is C[C@H](O)c1cccc2c1OC(F)(F)C(=O)N2Cc1ncc2ccccc2n1. The molecule has 0 spiro atoms. The number of benzene rings is 2. The molecule has 0 radical (unpaired) electrons. The Bertz CT molecular complexity index is 1040. The first kappa shape index (κ1) is 17.3. The Kier molecular flexibility index (Phi) is 4.00. The van der Waals surface area contributed by atoms with Crippen LogP contribution in [0.3, 0.4) is 0 Å². The molecule has 1 aliphatic heterocycles. The van der Waals surface area contributed by atoms with Gasteiger partial charge in [0.05, 0.1) is 23.9 Å². The molecule has 0 unspecified atom stereocenters. The number of aliphatic hydroxyl groups is 1. The number of hydrogen-bond donors (Lipinski definition) is 1. The van der Waals surface area contributed by atoms with E-state index in [1.54, 1.807) is 24.4 Å². The standard InChI is InChI=1S/C19H15F2N3O3/c1-11(25)13-6-4-8-15-17(13)27-19(20,21)18(26)24(15)10-16-22-9-12-5-2-3-7-14(12)23-16/h2-9,11,25H,10H2,1H3/t11-/m0/s1. The van der Waals surface area contributed by atoms with Crippen molar-refractivity contribution in [2.24, 2.45) is 0 Å². The number of halogens is 2. The van der Waals surface area contributed by atoms with E-state index in [1.807, 2.05) is 12.1 Å². The van der Waals surface area contributed by atoms with Gasteiger partial charge in [-0.15, -0.1) is 0 Å². The Morgan fingerprint density at radius 1 is 1.22 bits per heavy atom. The van der Waals surface area contributed by atoms with Crippen LogP contribution < -0.4 is 9.64 Å². The lowest BCUT2D eigenvalue weighted by Crippen LogP contribution is -2.50. The molecule has 27 heavy (non-hydrogen) atoms. The number of aliphatic hydroxyl groups excluding tert-OH is 1. The maximum Gasteiger partial charge on any atom is 0.483 e. The second-order valence-electron chi connectivity index (χ2n) is 6.23. The molecular weight excluding hydrogens is 356 g/mol. The summed E-state index contributed by atoms with van der Waals surface area (Å²) in [6.45, 7) is 1.18. The van der Waals surface area contributed by atoms with Crippen molar-refractivity contribution in [1.82, 2.24) is 9.97 Å². The molecule has 2 aromatic carbocycles. The minimum Gasteiger partial charge on any atom is -0.423 e. The third kappa shape index (κ3) is 2.97. The molecule has 1 amide bonds. The van der Waals surface area contributed by atoms with Gasteiger partial charge in [0.25, 0.3) is 0 Å². The van der Waals surface area contributed by atoms with Gasteiger partial charge < -0.3 is 9.84 Å². The molecule has 1 aromatic heterocycles. The first-order valence-corrected chi connectivity index (χ1v) is 8.27. The van der Waals surface area contributed by atoms with Crippen LogP contribution >= 0.6 is 0 Å². The van der Waals surface area contributed by atoms with Gasteiger partial charge in [-0.3, -0.25) is 9.69 Å². The monoisotopic (exact) mass is 371 g/mol. The molecular formula is C19H15F2N3O3. The Morgan fingerprint density at radius 2 is 2.00 bits per heavy atom. The number of carbonyl (C=O) groups excluding carboxylic acids is 1. The predicted molar refractivity (Wildman–Crippen MR) is 93.4 cm³/mol. The molecule has 0 aliphatic carbocycles. The fourth-order valence-corrected chi connectivity index (χ4v) is 3.02. The molecule has 3 aromatic rings. The van der Waals surface area contributed by atoms with Crippen molar-refractivity contribution in [3.8, 4) is 5.75 Å². The lowest BCUT2D eigenvalue weighted by molar-refractivity contribution is -0.193. The van der Waals surface area contributed by atoms with Gasteiger partial charge in [-0.1, -0.05) is 30.3 Å². The molecule has 0 saturated heterocycles. The zero-order valence-corrected chi connectivity index (χ0v) is 14.3. The van der Waals surface area contributed by atoms with E-state index in [9.17, 15) is 18.7 Å². The quantitative estimate of drug-likeness (QED) is 0.765. The van der Waals surface area contributed by atoms with E-state index in [0.29, 0.717) is 5.52 Å². The van der Waals surface area contributed by atoms with Gasteiger partial charge >= 0.3 is 12.0 Å². The van der Waals surface area contributed by atoms with Crippen molar-refractivity contribution in [1.29, 1.82) is 0 Å². The number of alkyl halides is 2. The van der Waals surface area contributed by atoms with Crippen molar-refractivity contribution in [2.45, 2.75) is 25.7 Å². The second kappa shape index (κ2) is 6.24. The summed E-state index contributed by atoms with van der Waals surface area (Å²) in [5, 5.41) is 10.7. The Labute approximate surface area is 153 Å². The van der Waals surface area contributed by atoms with Crippen LogP contribution in [0.1, 0.15) is 24.4 Å². The molecule has 8 heteroatoms. The predicted octanol–water partition coefficient (Wildman–Crippen LogP) is 3.20. The summed E-state index contributed by atoms with van der Waals surface area (Å²) < 4.78 is 33.0. The number of carbonyl (C=O) groups is 1. The van der Waals surface area contributed by atoms with Gasteiger partial charge in [-0.05, 0) is 19.1 Å². The lowest BCUT2D eigenvalue weighted by Gasteiger charge is -2.34. The normalized spacial score (nSPS) is 16.7. The smallest absolute Gasteiger partial charge is 0.423 e. The van der Waals surface area contributed by atoms with Gasteiger partial charge in [0.1, 0.15) is 5.82 Å². The van der Waals surface area contributed by atoms with E-state index in [0.717, 1.165) is 10.3 Å². The van der Waals surface area contributed by atoms with E-state index >= 15 is 0 Å². The highest BCUT2D eigenvalue weighted by atomic mass is 19.3. The summed E-state index contributed by atoms with van der Waals surface area (Å²) in [5.41, 5.74) is 0.957. The summed E-state index contributed by atoms with van der Waals surface area (Å²) >= 11 is 0. The van der Waals surface area contributed by atoms with Crippen molar-refractivity contribution in [2.75, 3.05) is 4.90 Å². The maximum atomic E-state index is 14.2. The molecule has 1 aliphatic rings. The molecule has 1 atom stereocenters. The summed E-state index contributed by atoms with van der Waals surface area (Å²) in [4.78, 5) is 21.7. The van der Waals surface area contributed by atoms with Crippen molar-refractivity contribution in [3.05, 3.63) is 60.0 Å². The summed E-state index contributed by atoms with van der Waals surface area (Å²) in [6, 6.07) is 11.8. The fourth-order valence-electron chi connectivity index (χ4n) is 3.02. The Hall–Kier alpha value is -3.13. The molecule has 0 fully saturated rings. The number of ether oxygens (including phenoxy) is 1. The molecule has 0 saturated carbocycles. The summed E-state index contributed by atoms with van der Waals surface area (Å²) in [7, 11) is 0. The second-order valence-corrected chi connectivity index (χ2v) is 6.23. The summed E-state index contributed by atoms with van der Waals surface area (Å²) in [6.07, 6.45) is -3.51. The number of fused-ring (bicyclic) bond motifs is 2. The Balaban J connectivity index is 1.79. The number of para-hydroxylation sites is 2. The highest BCUT2D eigenvalue weighted by Gasteiger charge is 2.51. The number of amides is 1. The van der Waals surface area contributed by atoms with E-state index in [-0.39, 0.29) is 29.4 Å². The minimum absolute atomic E-state index is 0.140. The van der Waals surface area contributed by atoms with E-state index in [2.05, 4.69) is 14.7 Å². The van der Waals surface area contributed by atoms with Crippen molar-refractivity contribution >= 4 is 22.5 Å². The number of rotatable bonds is 3. The van der Waals surface area contributed by atoms with E-state index in [1.165, 1.54) is 19.1 Å². The highest BCUT2D eigenvalue weighted by molar-refractivity contribution is 6.01. The van der Waals surface area contributed by atoms with Crippen LogP contribution in [0.25, 0.3) is 10.9 Å². The van der Waals surface area contributed by atoms with Crippen molar-refractivity contribution < 1.29 is 23.4 Å².